The van der Waals surface area contributed by atoms with Crippen molar-refractivity contribution < 1.29 is 27.7 Å². The fourth-order valence-electron chi connectivity index (χ4n) is 1.00. The highest BCUT2D eigenvalue weighted by Crippen LogP contribution is 2.48. The molecule has 0 saturated heterocycles. The molecular weight excluding hydrogens is 269 g/mol. The molecule has 7 nitrogen and oxygen atoms in total. The van der Waals surface area contributed by atoms with E-state index < -0.39 is 13.8 Å². The van der Waals surface area contributed by atoms with Crippen LogP contribution >= 0.6 is 19.4 Å². The van der Waals surface area contributed by atoms with Gasteiger partial charge in [0.15, 0.2) is 0 Å². The summed E-state index contributed by atoms with van der Waals surface area (Å²) >= 11 is 1.03. The van der Waals surface area contributed by atoms with Crippen molar-refractivity contribution in [1.82, 2.24) is 4.37 Å². The number of methoxy groups -OCH3 is 1. The third-order valence-corrected chi connectivity index (χ3v) is 3.89. The molecule has 0 N–H and O–H groups in total. The van der Waals surface area contributed by atoms with E-state index in [1.807, 2.05) is 0 Å². The van der Waals surface area contributed by atoms with Gasteiger partial charge in [0.2, 0.25) is 5.88 Å². The highest BCUT2D eigenvalue weighted by Gasteiger charge is 2.30. The molecule has 17 heavy (non-hydrogen) atoms. The van der Waals surface area contributed by atoms with E-state index in [0.29, 0.717) is 4.88 Å². The van der Waals surface area contributed by atoms with Gasteiger partial charge in [-0.05, 0) is 18.5 Å². The zero-order valence-corrected chi connectivity index (χ0v) is 11.5. The maximum absolute atomic E-state index is 11.7. The van der Waals surface area contributed by atoms with Crippen molar-refractivity contribution in [3.05, 3.63) is 10.4 Å². The quantitative estimate of drug-likeness (QED) is 0.603. The third kappa shape index (κ3) is 3.04. The Bertz CT molecular complexity index is 451. The van der Waals surface area contributed by atoms with Gasteiger partial charge < -0.3 is 9.26 Å². The molecule has 1 aromatic heterocycles. The average molecular weight is 281 g/mol. The van der Waals surface area contributed by atoms with E-state index >= 15 is 0 Å². The predicted molar refractivity (Wildman–Crippen MR) is 60.4 cm³/mol. The first-order valence-corrected chi connectivity index (χ1v) is 6.66. The predicted octanol–water partition coefficient (Wildman–Crippen LogP) is 2.02. The Labute approximate surface area is 102 Å². The minimum atomic E-state index is -3.73. The Morgan fingerprint density at radius 1 is 1.29 bits per heavy atom. The number of carbonyl (C=O) groups is 1. The zero-order valence-electron chi connectivity index (χ0n) is 9.75. The SMILES string of the molecule is COC(=O)c1c(OP(=O)(OC)OC)nsc1C. The maximum atomic E-state index is 11.7. The number of ether oxygens (including phenoxy) is 1. The molecule has 0 fully saturated rings. The molecule has 9 heteroatoms. The molecule has 0 atom stereocenters. The number of phosphoric ester groups is 1. The lowest BCUT2D eigenvalue weighted by Gasteiger charge is -2.12. The second-order valence-corrected chi connectivity index (χ2v) is 5.60. The standard InChI is InChI=1S/C8H12NO6PS/c1-5-6(8(10)12-2)7(9-17-5)15-16(11,13-3)14-4/h1-4H3. The Morgan fingerprint density at radius 3 is 2.35 bits per heavy atom. The molecule has 1 heterocycles. The summed E-state index contributed by atoms with van der Waals surface area (Å²) in [6, 6.07) is 0. The highest BCUT2D eigenvalue weighted by atomic mass is 32.1. The Hall–Kier alpha value is -0.950. The number of hydrogen-bond acceptors (Lipinski definition) is 8. The summed E-state index contributed by atoms with van der Waals surface area (Å²) in [6.07, 6.45) is 0. The number of hydrogen-bond donors (Lipinski definition) is 0. The van der Waals surface area contributed by atoms with Crippen LogP contribution in [-0.4, -0.2) is 31.7 Å². The van der Waals surface area contributed by atoms with Crippen molar-refractivity contribution in [3.8, 4) is 5.88 Å². The van der Waals surface area contributed by atoms with E-state index in [4.69, 9.17) is 4.52 Å². The normalized spacial score (nSPS) is 11.3. The average Bonchev–Trinajstić information content (AvgIpc) is 2.69. The number of aryl methyl sites for hydroxylation is 1. The number of nitrogens with zero attached hydrogens (tertiary/aromatic N) is 1. The molecule has 0 amide bonds. The summed E-state index contributed by atoms with van der Waals surface area (Å²) < 4.78 is 34.3. The van der Waals surface area contributed by atoms with Gasteiger partial charge in [-0.3, -0.25) is 9.05 Å². The second kappa shape index (κ2) is 5.59. The number of carbonyl (C=O) groups excluding carboxylic acids is 1. The summed E-state index contributed by atoms with van der Waals surface area (Å²) in [5.74, 6) is -0.739. The maximum Gasteiger partial charge on any atom is 0.530 e. The molecule has 1 aromatic rings. The second-order valence-electron chi connectivity index (χ2n) is 2.81. The summed E-state index contributed by atoms with van der Waals surface area (Å²) in [7, 11) is -0.163. The molecule has 0 aliphatic rings. The number of rotatable bonds is 5. The van der Waals surface area contributed by atoms with Crippen molar-refractivity contribution in [3.63, 3.8) is 0 Å². The van der Waals surface area contributed by atoms with Gasteiger partial charge in [-0.2, -0.15) is 4.37 Å². The van der Waals surface area contributed by atoms with Crippen LogP contribution in [0.1, 0.15) is 15.2 Å². The molecule has 0 aromatic carbocycles. The monoisotopic (exact) mass is 281 g/mol. The van der Waals surface area contributed by atoms with Crippen LogP contribution in [0.25, 0.3) is 0 Å². The van der Waals surface area contributed by atoms with Gasteiger partial charge in [-0.15, -0.1) is 0 Å². The summed E-state index contributed by atoms with van der Waals surface area (Å²) in [5.41, 5.74) is 0.117. The van der Waals surface area contributed by atoms with Crippen molar-refractivity contribution in [2.45, 2.75) is 6.92 Å². The molecule has 0 spiro atoms. The number of aromatic nitrogens is 1. The van der Waals surface area contributed by atoms with E-state index in [2.05, 4.69) is 18.2 Å². The highest BCUT2D eigenvalue weighted by molar-refractivity contribution is 7.48. The molecular formula is C8H12NO6PS. The Morgan fingerprint density at radius 2 is 1.88 bits per heavy atom. The number of phosphoric acid groups is 1. The van der Waals surface area contributed by atoms with Crippen LogP contribution in [0.3, 0.4) is 0 Å². The molecule has 0 aliphatic carbocycles. The third-order valence-electron chi connectivity index (χ3n) is 1.87. The fourth-order valence-corrected chi connectivity index (χ4v) is 2.31. The molecule has 0 unspecified atom stereocenters. The van der Waals surface area contributed by atoms with Gasteiger partial charge in [0.05, 0.1) is 7.11 Å². The summed E-state index contributed by atoms with van der Waals surface area (Å²) in [6.45, 7) is 1.67. The van der Waals surface area contributed by atoms with Crippen LogP contribution in [0, 0.1) is 6.92 Å². The molecule has 96 valence electrons. The molecule has 0 bridgehead atoms. The summed E-state index contributed by atoms with van der Waals surface area (Å²) in [4.78, 5) is 12.1. The first-order valence-electron chi connectivity index (χ1n) is 4.43. The first-order chi connectivity index (χ1) is 7.97. The molecule has 0 aliphatic heterocycles. The first kappa shape index (κ1) is 14.1. The van der Waals surface area contributed by atoms with Crippen LogP contribution in [-0.2, 0) is 18.3 Å². The van der Waals surface area contributed by atoms with Crippen molar-refractivity contribution >= 4 is 25.3 Å². The lowest BCUT2D eigenvalue weighted by molar-refractivity contribution is 0.0597. The van der Waals surface area contributed by atoms with Crippen LogP contribution in [0.2, 0.25) is 0 Å². The number of esters is 1. The smallest absolute Gasteiger partial charge is 0.465 e. The van der Waals surface area contributed by atoms with E-state index in [9.17, 15) is 9.36 Å². The van der Waals surface area contributed by atoms with Crippen LogP contribution < -0.4 is 4.52 Å². The lowest BCUT2D eigenvalue weighted by atomic mass is 10.3. The van der Waals surface area contributed by atoms with Crippen LogP contribution in [0.5, 0.6) is 5.88 Å². The van der Waals surface area contributed by atoms with E-state index in [1.165, 1.54) is 21.3 Å². The van der Waals surface area contributed by atoms with Gasteiger partial charge in [0.25, 0.3) is 0 Å². The molecule has 0 radical (unpaired) electrons. The minimum Gasteiger partial charge on any atom is -0.465 e. The van der Waals surface area contributed by atoms with E-state index in [0.717, 1.165) is 11.5 Å². The van der Waals surface area contributed by atoms with Crippen molar-refractivity contribution in [2.75, 3.05) is 21.3 Å². The van der Waals surface area contributed by atoms with E-state index in [-0.39, 0.29) is 11.4 Å². The lowest BCUT2D eigenvalue weighted by Crippen LogP contribution is -2.06. The summed E-state index contributed by atoms with van der Waals surface area (Å²) in [5, 5.41) is 0. The Balaban J connectivity index is 3.08. The zero-order chi connectivity index (χ0) is 13.1. The van der Waals surface area contributed by atoms with Crippen molar-refractivity contribution in [2.24, 2.45) is 0 Å². The van der Waals surface area contributed by atoms with Crippen LogP contribution in [0.15, 0.2) is 0 Å². The van der Waals surface area contributed by atoms with Crippen molar-refractivity contribution in [1.29, 1.82) is 0 Å². The largest absolute Gasteiger partial charge is 0.530 e. The van der Waals surface area contributed by atoms with Gasteiger partial charge in [-0.25, -0.2) is 9.36 Å². The molecule has 0 saturated carbocycles. The topological polar surface area (TPSA) is 84.0 Å². The van der Waals surface area contributed by atoms with Gasteiger partial charge in [-0.1, -0.05) is 0 Å². The van der Waals surface area contributed by atoms with Crippen LogP contribution in [0.4, 0.5) is 0 Å². The minimum absolute atomic E-state index is 0.117. The van der Waals surface area contributed by atoms with Gasteiger partial charge >= 0.3 is 13.8 Å². The Kier molecular flexibility index (Phi) is 4.64. The van der Waals surface area contributed by atoms with Gasteiger partial charge in [0, 0.05) is 19.1 Å². The van der Waals surface area contributed by atoms with Gasteiger partial charge in [0.1, 0.15) is 5.56 Å². The molecule has 1 rings (SSSR count). The fraction of sp³-hybridized carbons (Fsp3) is 0.500. The van der Waals surface area contributed by atoms with E-state index in [1.54, 1.807) is 6.92 Å².